The summed E-state index contributed by atoms with van der Waals surface area (Å²) in [5.41, 5.74) is -0.308. The molecule has 112 valence electrons. The zero-order chi connectivity index (χ0) is 15.5. The standard InChI is InChI=1S/C12H11Cl2N3O3S/c13-9-3-1-4-10(12(9)14)21(19,20)16-7-8-17-11(18)5-2-6-15-17/h1-6,16H,7-8H2. The van der Waals surface area contributed by atoms with Crippen LogP contribution in [0.1, 0.15) is 0 Å². The number of benzene rings is 1. The number of nitrogens with zero attached hydrogens (tertiary/aromatic N) is 2. The lowest BCUT2D eigenvalue weighted by molar-refractivity contribution is 0.547. The van der Waals surface area contributed by atoms with Gasteiger partial charge in [0.25, 0.3) is 5.56 Å². The summed E-state index contributed by atoms with van der Waals surface area (Å²) < 4.78 is 27.7. The second-order valence-corrected chi connectivity index (χ2v) is 6.56. The average Bonchev–Trinajstić information content (AvgIpc) is 2.43. The van der Waals surface area contributed by atoms with E-state index in [1.165, 1.54) is 36.5 Å². The van der Waals surface area contributed by atoms with Crippen molar-refractivity contribution in [1.82, 2.24) is 14.5 Å². The first-order chi connectivity index (χ1) is 9.92. The van der Waals surface area contributed by atoms with E-state index >= 15 is 0 Å². The van der Waals surface area contributed by atoms with E-state index in [0.717, 1.165) is 4.68 Å². The maximum atomic E-state index is 12.1. The molecule has 0 spiro atoms. The van der Waals surface area contributed by atoms with Crippen LogP contribution in [0.5, 0.6) is 0 Å². The topological polar surface area (TPSA) is 81.1 Å². The number of hydrogen-bond donors (Lipinski definition) is 1. The minimum Gasteiger partial charge on any atom is -0.268 e. The Morgan fingerprint density at radius 2 is 1.95 bits per heavy atom. The van der Waals surface area contributed by atoms with E-state index in [9.17, 15) is 13.2 Å². The second-order valence-electron chi connectivity index (χ2n) is 4.03. The SMILES string of the molecule is O=c1cccnn1CCNS(=O)(=O)c1cccc(Cl)c1Cl. The van der Waals surface area contributed by atoms with Gasteiger partial charge >= 0.3 is 0 Å². The molecule has 1 N–H and O–H groups in total. The predicted molar refractivity (Wildman–Crippen MR) is 80.1 cm³/mol. The Morgan fingerprint density at radius 3 is 2.67 bits per heavy atom. The monoisotopic (exact) mass is 347 g/mol. The molecule has 21 heavy (non-hydrogen) atoms. The van der Waals surface area contributed by atoms with E-state index in [1.807, 2.05) is 0 Å². The predicted octanol–water partition coefficient (Wildman–Crippen LogP) is 1.53. The average molecular weight is 348 g/mol. The summed E-state index contributed by atoms with van der Waals surface area (Å²) in [7, 11) is -3.81. The van der Waals surface area contributed by atoms with Crippen LogP contribution in [0.25, 0.3) is 0 Å². The zero-order valence-electron chi connectivity index (χ0n) is 10.7. The van der Waals surface area contributed by atoms with Crippen molar-refractivity contribution in [3.05, 3.63) is 56.9 Å². The third kappa shape index (κ3) is 3.82. The molecule has 0 aliphatic carbocycles. The molecule has 0 aliphatic rings. The zero-order valence-corrected chi connectivity index (χ0v) is 13.0. The summed E-state index contributed by atoms with van der Waals surface area (Å²) in [5.74, 6) is 0. The number of sulfonamides is 1. The quantitative estimate of drug-likeness (QED) is 0.889. The van der Waals surface area contributed by atoms with E-state index in [4.69, 9.17) is 23.2 Å². The maximum Gasteiger partial charge on any atom is 0.266 e. The van der Waals surface area contributed by atoms with Gasteiger partial charge in [0, 0.05) is 18.8 Å². The van der Waals surface area contributed by atoms with Crippen LogP contribution in [0.15, 0.2) is 46.2 Å². The summed E-state index contributed by atoms with van der Waals surface area (Å²) in [6.07, 6.45) is 1.45. The van der Waals surface area contributed by atoms with E-state index < -0.39 is 10.0 Å². The Morgan fingerprint density at radius 1 is 1.19 bits per heavy atom. The van der Waals surface area contributed by atoms with Crippen LogP contribution in [0, 0.1) is 0 Å². The molecule has 0 atom stereocenters. The van der Waals surface area contributed by atoms with Gasteiger partial charge in [0.15, 0.2) is 0 Å². The van der Waals surface area contributed by atoms with Crippen LogP contribution in [-0.4, -0.2) is 24.7 Å². The molecule has 1 aromatic carbocycles. The summed E-state index contributed by atoms with van der Waals surface area (Å²) >= 11 is 11.7. The molecule has 1 aromatic heterocycles. The van der Waals surface area contributed by atoms with Gasteiger partial charge in [-0.25, -0.2) is 17.8 Å². The molecule has 0 aliphatic heterocycles. The Kier molecular flexibility index (Phi) is 5.00. The van der Waals surface area contributed by atoms with Gasteiger partial charge in [-0.1, -0.05) is 29.3 Å². The third-order valence-electron chi connectivity index (χ3n) is 2.61. The normalized spacial score (nSPS) is 11.5. The first-order valence-corrected chi connectivity index (χ1v) is 8.11. The van der Waals surface area contributed by atoms with Crippen LogP contribution < -0.4 is 10.3 Å². The minimum atomic E-state index is -3.81. The highest BCUT2D eigenvalue weighted by Gasteiger charge is 2.18. The number of nitrogens with one attached hydrogen (secondary N) is 1. The van der Waals surface area contributed by atoms with E-state index in [-0.39, 0.29) is 33.6 Å². The second kappa shape index (κ2) is 6.57. The van der Waals surface area contributed by atoms with Crippen LogP contribution in [0.3, 0.4) is 0 Å². The number of aromatic nitrogens is 2. The van der Waals surface area contributed by atoms with Crippen molar-refractivity contribution in [1.29, 1.82) is 0 Å². The Labute approximate surface area is 131 Å². The molecule has 2 aromatic rings. The molecule has 0 bridgehead atoms. The summed E-state index contributed by atoms with van der Waals surface area (Å²) in [6, 6.07) is 7.19. The molecule has 0 radical (unpaired) electrons. The van der Waals surface area contributed by atoms with Crippen molar-refractivity contribution in [3.8, 4) is 0 Å². The first-order valence-electron chi connectivity index (χ1n) is 5.87. The maximum absolute atomic E-state index is 12.1. The summed E-state index contributed by atoms with van der Waals surface area (Å²) in [4.78, 5) is 11.3. The molecule has 1 heterocycles. The van der Waals surface area contributed by atoms with Gasteiger partial charge in [-0.3, -0.25) is 4.79 Å². The fourth-order valence-electron chi connectivity index (χ4n) is 1.61. The van der Waals surface area contributed by atoms with Gasteiger partial charge in [0.2, 0.25) is 10.0 Å². The van der Waals surface area contributed by atoms with Crippen molar-refractivity contribution < 1.29 is 8.42 Å². The molecule has 9 heteroatoms. The molecule has 2 rings (SSSR count). The van der Waals surface area contributed by atoms with Gasteiger partial charge < -0.3 is 0 Å². The van der Waals surface area contributed by atoms with Crippen molar-refractivity contribution >= 4 is 33.2 Å². The fraction of sp³-hybridized carbons (Fsp3) is 0.167. The third-order valence-corrected chi connectivity index (χ3v) is 5.04. The lowest BCUT2D eigenvalue weighted by Crippen LogP contribution is -2.31. The van der Waals surface area contributed by atoms with Gasteiger partial charge in [0.05, 0.1) is 16.6 Å². The minimum absolute atomic E-state index is 0.00208. The van der Waals surface area contributed by atoms with Crippen molar-refractivity contribution in [2.75, 3.05) is 6.54 Å². The van der Waals surface area contributed by atoms with Crippen LogP contribution >= 0.6 is 23.2 Å². The molecular weight excluding hydrogens is 337 g/mol. The highest BCUT2D eigenvalue weighted by molar-refractivity contribution is 7.89. The molecule has 6 nitrogen and oxygen atoms in total. The number of hydrogen-bond acceptors (Lipinski definition) is 4. The lowest BCUT2D eigenvalue weighted by Gasteiger charge is -2.09. The Hall–Kier alpha value is -1.41. The van der Waals surface area contributed by atoms with Crippen molar-refractivity contribution in [2.24, 2.45) is 0 Å². The molecular formula is C12H11Cl2N3O3S. The first kappa shape index (κ1) is 16.0. The van der Waals surface area contributed by atoms with Gasteiger partial charge in [-0.15, -0.1) is 0 Å². The van der Waals surface area contributed by atoms with E-state index in [2.05, 4.69) is 9.82 Å². The van der Waals surface area contributed by atoms with Crippen molar-refractivity contribution in [2.45, 2.75) is 11.4 Å². The van der Waals surface area contributed by atoms with E-state index in [1.54, 1.807) is 0 Å². The van der Waals surface area contributed by atoms with Crippen LogP contribution in [0.2, 0.25) is 10.0 Å². The number of rotatable bonds is 5. The highest BCUT2D eigenvalue weighted by Crippen LogP contribution is 2.28. The summed E-state index contributed by atoms with van der Waals surface area (Å²) in [6.45, 7) is 0.110. The van der Waals surface area contributed by atoms with Gasteiger partial charge in [-0.05, 0) is 18.2 Å². The van der Waals surface area contributed by atoms with Crippen molar-refractivity contribution in [3.63, 3.8) is 0 Å². The Bertz CT molecular complexity index is 805. The summed E-state index contributed by atoms with van der Waals surface area (Å²) in [5, 5.41) is 3.94. The molecule has 0 amide bonds. The van der Waals surface area contributed by atoms with Crippen LogP contribution in [0.4, 0.5) is 0 Å². The highest BCUT2D eigenvalue weighted by atomic mass is 35.5. The fourth-order valence-corrected chi connectivity index (χ4v) is 3.39. The molecule has 0 saturated carbocycles. The van der Waals surface area contributed by atoms with Crippen LogP contribution in [-0.2, 0) is 16.6 Å². The smallest absolute Gasteiger partial charge is 0.266 e. The molecule has 0 saturated heterocycles. The lowest BCUT2D eigenvalue weighted by atomic mass is 10.4. The molecule has 0 fully saturated rings. The van der Waals surface area contributed by atoms with Gasteiger partial charge in [-0.2, -0.15) is 5.10 Å². The molecule has 0 unspecified atom stereocenters. The number of halogens is 2. The Balaban J connectivity index is 2.11. The van der Waals surface area contributed by atoms with Gasteiger partial charge in [0.1, 0.15) is 4.90 Å². The largest absolute Gasteiger partial charge is 0.268 e. The van der Waals surface area contributed by atoms with E-state index in [0.29, 0.717) is 0 Å².